The van der Waals surface area contributed by atoms with E-state index in [1.54, 1.807) is 0 Å². The zero-order valence-corrected chi connectivity index (χ0v) is 13.6. The van der Waals surface area contributed by atoms with Crippen molar-refractivity contribution in [2.75, 3.05) is 0 Å². The minimum absolute atomic E-state index is 0.000604. The number of aromatic nitrogens is 2. The van der Waals surface area contributed by atoms with Crippen LogP contribution in [0.3, 0.4) is 0 Å². The zero-order valence-electron chi connectivity index (χ0n) is 10.5. The molecular formula is C11H6Cl2N2O5S2. The number of benzene rings is 1. The predicted molar refractivity (Wildman–Crippen MR) is 77.6 cm³/mol. The maximum Gasteiger partial charge on any atom is 0.345 e. The molecule has 0 aliphatic carbocycles. The fourth-order valence-electron chi connectivity index (χ4n) is 2.02. The number of carboxylic acids is 1. The van der Waals surface area contributed by atoms with Crippen LogP contribution in [-0.4, -0.2) is 34.3 Å². The van der Waals surface area contributed by atoms with Crippen LogP contribution < -0.4 is 4.74 Å². The first-order valence-corrected chi connectivity index (χ1v) is 8.72. The van der Waals surface area contributed by atoms with E-state index >= 15 is 0 Å². The molecular weight excluding hydrogens is 375 g/mol. The van der Waals surface area contributed by atoms with Crippen molar-refractivity contribution in [2.45, 2.75) is 22.4 Å². The summed E-state index contributed by atoms with van der Waals surface area (Å²) in [5.41, 5.74) is 0.364. The third kappa shape index (κ3) is 2.34. The first-order chi connectivity index (χ1) is 10.3. The molecule has 1 aromatic carbocycles. The average Bonchev–Trinajstić information content (AvgIpc) is 3.11. The molecule has 22 heavy (non-hydrogen) atoms. The van der Waals surface area contributed by atoms with E-state index in [4.69, 9.17) is 33.0 Å². The summed E-state index contributed by atoms with van der Waals surface area (Å²) in [7, 11) is -3.99. The molecule has 1 aromatic heterocycles. The summed E-state index contributed by atoms with van der Waals surface area (Å²) in [6.07, 6.45) is -0.0182. The van der Waals surface area contributed by atoms with E-state index in [1.165, 1.54) is 6.07 Å². The first-order valence-electron chi connectivity index (χ1n) is 5.75. The van der Waals surface area contributed by atoms with Gasteiger partial charge in [0.1, 0.15) is 10.8 Å². The molecule has 116 valence electrons. The molecule has 0 amide bonds. The van der Waals surface area contributed by atoms with Crippen LogP contribution in [0.5, 0.6) is 5.75 Å². The minimum Gasteiger partial charge on any atom is -0.478 e. The molecule has 0 fully saturated rings. The second-order valence-electron chi connectivity index (χ2n) is 4.39. The van der Waals surface area contributed by atoms with Crippen LogP contribution in [0, 0.1) is 0 Å². The third-order valence-corrected chi connectivity index (χ3v) is 6.26. The summed E-state index contributed by atoms with van der Waals surface area (Å²) < 4.78 is 37.5. The first kappa shape index (κ1) is 15.5. The van der Waals surface area contributed by atoms with E-state index in [-0.39, 0.29) is 32.1 Å². The highest BCUT2D eigenvalue weighted by molar-refractivity contribution is 7.91. The van der Waals surface area contributed by atoms with Crippen molar-refractivity contribution >= 4 is 50.7 Å². The number of aliphatic carboxylic acids is 1. The molecule has 1 aliphatic rings. The van der Waals surface area contributed by atoms with Crippen LogP contribution in [0.2, 0.25) is 10.0 Å². The van der Waals surface area contributed by atoms with Gasteiger partial charge in [-0.3, -0.25) is 0 Å². The van der Waals surface area contributed by atoms with Crippen molar-refractivity contribution in [3.8, 4) is 5.75 Å². The number of halogens is 2. The number of carbonyl (C=O) groups is 1. The smallest absolute Gasteiger partial charge is 0.345 e. The van der Waals surface area contributed by atoms with Crippen LogP contribution in [0.25, 0.3) is 0 Å². The summed E-state index contributed by atoms with van der Waals surface area (Å²) in [5.74, 6) is -1.08. The predicted octanol–water partition coefficient (Wildman–Crippen LogP) is 2.07. The fraction of sp³-hybridized carbons (Fsp3) is 0.182. The zero-order chi connectivity index (χ0) is 16.1. The monoisotopic (exact) mass is 380 g/mol. The van der Waals surface area contributed by atoms with Gasteiger partial charge in [-0.05, 0) is 6.07 Å². The Morgan fingerprint density at radius 2 is 2.14 bits per heavy atom. The maximum atomic E-state index is 12.5. The van der Waals surface area contributed by atoms with Crippen molar-refractivity contribution in [2.24, 2.45) is 0 Å². The molecule has 1 atom stereocenters. The van der Waals surface area contributed by atoms with Crippen molar-refractivity contribution in [3.05, 3.63) is 27.9 Å². The Hall–Kier alpha value is -1.42. The van der Waals surface area contributed by atoms with Crippen molar-refractivity contribution in [3.63, 3.8) is 0 Å². The Morgan fingerprint density at radius 1 is 1.41 bits per heavy atom. The van der Waals surface area contributed by atoms with Gasteiger partial charge in [-0.15, -0.1) is 0 Å². The number of rotatable bonds is 3. The van der Waals surface area contributed by atoms with E-state index in [2.05, 4.69) is 8.75 Å². The third-order valence-electron chi connectivity index (χ3n) is 3.05. The van der Waals surface area contributed by atoms with Crippen LogP contribution in [0.1, 0.15) is 5.56 Å². The molecule has 1 aliphatic heterocycles. The fourth-order valence-corrected chi connectivity index (χ4v) is 4.72. The molecule has 7 nitrogen and oxygen atoms in total. The van der Waals surface area contributed by atoms with Gasteiger partial charge in [0.05, 0.1) is 27.8 Å². The summed E-state index contributed by atoms with van der Waals surface area (Å²) in [5, 5.41) is 8.37. The number of ether oxygens (including phenoxy) is 1. The highest BCUT2D eigenvalue weighted by Crippen LogP contribution is 2.44. The molecule has 3 rings (SSSR count). The van der Waals surface area contributed by atoms with E-state index in [0.717, 1.165) is 17.9 Å². The normalized spacial score (nSPS) is 17.1. The van der Waals surface area contributed by atoms with Gasteiger partial charge in [0, 0.05) is 12.0 Å². The van der Waals surface area contributed by atoms with Gasteiger partial charge in [0.15, 0.2) is 11.1 Å². The van der Waals surface area contributed by atoms with Crippen molar-refractivity contribution in [1.82, 2.24) is 8.75 Å². The van der Waals surface area contributed by atoms with Crippen LogP contribution in [0.4, 0.5) is 0 Å². The number of fused-ring (bicyclic) bond motifs is 1. The summed E-state index contributed by atoms with van der Waals surface area (Å²) in [6, 6.07) is 1.27. The van der Waals surface area contributed by atoms with Gasteiger partial charge in [-0.1, -0.05) is 23.2 Å². The molecule has 0 spiro atoms. The second kappa shape index (κ2) is 5.34. The van der Waals surface area contributed by atoms with Crippen LogP contribution >= 0.6 is 34.9 Å². The van der Waals surface area contributed by atoms with Crippen molar-refractivity contribution in [1.29, 1.82) is 0 Å². The van der Waals surface area contributed by atoms with Gasteiger partial charge in [0.25, 0.3) is 0 Å². The Kier molecular flexibility index (Phi) is 3.76. The lowest BCUT2D eigenvalue weighted by molar-refractivity contribution is -0.144. The molecule has 2 aromatic rings. The number of carboxylic acid groups (broad SMARTS) is 1. The molecule has 2 heterocycles. The van der Waals surface area contributed by atoms with Gasteiger partial charge < -0.3 is 9.84 Å². The number of hydrogen-bond acceptors (Lipinski definition) is 7. The van der Waals surface area contributed by atoms with E-state index in [9.17, 15) is 13.2 Å². The van der Waals surface area contributed by atoms with Gasteiger partial charge in [-0.2, -0.15) is 8.75 Å². The highest BCUT2D eigenvalue weighted by Gasteiger charge is 2.35. The van der Waals surface area contributed by atoms with E-state index < -0.39 is 21.9 Å². The minimum atomic E-state index is -3.99. The molecule has 1 N–H and O–H groups in total. The lowest BCUT2D eigenvalue weighted by Crippen LogP contribution is -2.24. The molecule has 0 saturated heterocycles. The molecule has 0 bridgehead atoms. The van der Waals surface area contributed by atoms with Crippen LogP contribution in [-0.2, 0) is 21.1 Å². The lowest BCUT2D eigenvalue weighted by Gasteiger charge is -2.10. The highest BCUT2D eigenvalue weighted by atomic mass is 35.5. The van der Waals surface area contributed by atoms with E-state index in [0.29, 0.717) is 5.56 Å². The Bertz CT molecular complexity index is 867. The topological polar surface area (TPSA) is 106 Å². The summed E-state index contributed by atoms with van der Waals surface area (Å²) in [4.78, 5) is 10.7. The number of hydrogen-bond donors (Lipinski definition) is 1. The largest absolute Gasteiger partial charge is 0.478 e. The van der Waals surface area contributed by atoms with Crippen LogP contribution in [0.15, 0.2) is 22.2 Å². The van der Waals surface area contributed by atoms with Gasteiger partial charge in [0.2, 0.25) is 9.84 Å². The second-order valence-corrected chi connectivity index (χ2v) is 7.57. The lowest BCUT2D eigenvalue weighted by atomic mass is 10.1. The average molecular weight is 381 g/mol. The quantitative estimate of drug-likeness (QED) is 0.867. The van der Waals surface area contributed by atoms with E-state index in [1.807, 2.05) is 0 Å². The van der Waals surface area contributed by atoms with Gasteiger partial charge in [-0.25, -0.2) is 13.2 Å². The van der Waals surface area contributed by atoms with Gasteiger partial charge >= 0.3 is 5.97 Å². The Labute approximate surface area is 138 Å². The number of sulfone groups is 1. The Balaban J connectivity index is 2.16. The maximum absolute atomic E-state index is 12.5. The molecule has 0 radical (unpaired) electrons. The standard InChI is InChI=1S/C11H6Cl2N2O5S2/c12-8-6(22(18,19)7-3-14-21-15-7)2-4-1-5(11(16)17)20-10(4)9(8)13/h2-3,5H,1H2,(H,16,17). The summed E-state index contributed by atoms with van der Waals surface area (Å²) >= 11 is 12.8. The molecule has 11 heteroatoms. The molecule has 1 unspecified atom stereocenters. The van der Waals surface area contributed by atoms with Crippen molar-refractivity contribution < 1.29 is 23.1 Å². The molecule has 0 saturated carbocycles. The Morgan fingerprint density at radius 3 is 2.73 bits per heavy atom. The SMILES string of the molecule is O=C(O)C1Cc2cc(S(=O)(=O)c3cnsn3)c(Cl)c(Cl)c2O1. The summed E-state index contributed by atoms with van der Waals surface area (Å²) in [6.45, 7) is 0. The number of nitrogens with zero attached hydrogens (tertiary/aromatic N) is 2.